The molecule has 4 rings (SSSR count). The summed E-state index contributed by atoms with van der Waals surface area (Å²) in [6.07, 6.45) is 3.07. The predicted octanol–water partition coefficient (Wildman–Crippen LogP) is 1.45. The molecular formula is C18H20FN3O3. The Morgan fingerprint density at radius 1 is 1.20 bits per heavy atom. The average Bonchev–Trinajstić information content (AvgIpc) is 3.14. The third kappa shape index (κ3) is 2.77. The summed E-state index contributed by atoms with van der Waals surface area (Å²) >= 11 is 0. The number of benzene rings is 1. The van der Waals surface area contributed by atoms with Crippen molar-refractivity contribution in [2.75, 3.05) is 18.0 Å². The van der Waals surface area contributed by atoms with Gasteiger partial charge in [-0.25, -0.2) is 4.39 Å². The number of hydrogen-bond acceptors (Lipinski definition) is 3. The van der Waals surface area contributed by atoms with Gasteiger partial charge in [-0.3, -0.25) is 14.4 Å². The smallest absolute Gasteiger partial charge is 0.257 e. The van der Waals surface area contributed by atoms with Gasteiger partial charge in [-0.1, -0.05) is 0 Å². The zero-order chi connectivity index (χ0) is 17.6. The maximum atomic E-state index is 14.4. The number of carbonyl (C=O) groups excluding carboxylic acids is 3. The van der Waals surface area contributed by atoms with Crippen molar-refractivity contribution < 1.29 is 18.8 Å². The number of fused-ring (bicyclic) bond motifs is 2. The molecule has 3 heterocycles. The molecule has 132 valence electrons. The van der Waals surface area contributed by atoms with Gasteiger partial charge in [0.15, 0.2) is 0 Å². The Morgan fingerprint density at radius 3 is 2.76 bits per heavy atom. The first-order valence-corrected chi connectivity index (χ1v) is 8.74. The number of anilines is 1. The molecule has 3 aliphatic rings. The number of hydrogen-bond donors (Lipinski definition) is 1. The van der Waals surface area contributed by atoms with Crippen LogP contribution in [0.25, 0.3) is 0 Å². The van der Waals surface area contributed by atoms with Gasteiger partial charge < -0.3 is 15.1 Å². The van der Waals surface area contributed by atoms with Gasteiger partial charge in [-0.2, -0.15) is 0 Å². The standard InChI is InChI=1S/C18H20FN3O3/c19-15-6-5-11(21-7-1-2-17(21)24)8-14(15)18(25)22-12-3-4-13(22)10-20-16(23)9-12/h5-6,8,12-13H,1-4,7,9-10H2,(H,20,23). The molecule has 2 bridgehead atoms. The van der Waals surface area contributed by atoms with Crippen molar-refractivity contribution in [3.05, 3.63) is 29.6 Å². The van der Waals surface area contributed by atoms with Crippen molar-refractivity contribution in [2.24, 2.45) is 0 Å². The van der Waals surface area contributed by atoms with Crippen LogP contribution in [0.15, 0.2) is 18.2 Å². The van der Waals surface area contributed by atoms with Crippen molar-refractivity contribution >= 4 is 23.4 Å². The molecule has 0 aromatic heterocycles. The third-order valence-corrected chi connectivity index (χ3v) is 5.38. The summed E-state index contributed by atoms with van der Waals surface area (Å²) in [6.45, 7) is 0.998. The highest BCUT2D eigenvalue weighted by molar-refractivity contribution is 5.99. The van der Waals surface area contributed by atoms with E-state index in [1.165, 1.54) is 18.2 Å². The van der Waals surface area contributed by atoms with E-state index in [1.807, 2.05) is 0 Å². The molecule has 3 fully saturated rings. The second kappa shape index (κ2) is 6.13. The lowest BCUT2D eigenvalue weighted by Crippen LogP contribution is -2.43. The lowest BCUT2D eigenvalue weighted by Gasteiger charge is -2.28. The fraction of sp³-hybridized carbons (Fsp3) is 0.500. The second-order valence-corrected chi connectivity index (χ2v) is 6.92. The van der Waals surface area contributed by atoms with Gasteiger partial charge >= 0.3 is 0 Å². The van der Waals surface area contributed by atoms with E-state index < -0.39 is 11.7 Å². The minimum atomic E-state index is -0.594. The largest absolute Gasteiger partial charge is 0.354 e. The Kier molecular flexibility index (Phi) is 3.94. The summed E-state index contributed by atoms with van der Waals surface area (Å²) in [4.78, 5) is 40.0. The Hall–Kier alpha value is -2.44. The molecule has 25 heavy (non-hydrogen) atoms. The first kappa shape index (κ1) is 16.1. The fourth-order valence-corrected chi connectivity index (χ4v) is 4.12. The van der Waals surface area contributed by atoms with Gasteiger partial charge in [-0.05, 0) is 37.5 Å². The molecule has 2 unspecified atom stereocenters. The van der Waals surface area contributed by atoms with Crippen LogP contribution >= 0.6 is 0 Å². The van der Waals surface area contributed by atoms with Crippen molar-refractivity contribution in [3.63, 3.8) is 0 Å². The molecule has 0 aliphatic carbocycles. The van der Waals surface area contributed by atoms with Crippen LogP contribution in [0.1, 0.15) is 42.5 Å². The summed E-state index contributed by atoms with van der Waals surface area (Å²) < 4.78 is 14.4. The molecule has 1 aromatic carbocycles. The molecule has 3 aliphatic heterocycles. The van der Waals surface area contributed by atoms with Crippen molar-refractivity contribution in [2.45, 2.75) is 44.2 Å². The normalized spacial score (nSPS) is 26.0. The van der Waals surface area contributed by atoms with Gasteiger partial charge in [0, 0.05) is 43.7 Å². The van der Waals surface area contributed by atoms with Crippen molar-refractivity contribution in [3.8, 4) is 0 Å². The lowest BCUT2D eigenvalue weighted by molar-refractivity contribution is -0.121. The van der Waals surface area contributed by atoms with Crippen LogP contribution in [0, 0.1) is 5.82 Å². The summed E-state index contributed by atoms with van der Waals surface area (Å²) in [5.74, 6) is -1.06. The maximum absolute atomic E-state index is 14.4. The molecule has 0 saturated carbocycles. The van der Waals surface area contributed by atoms with Crippen LogP contribution in [-0.4, -0.2) is 47.8 Å². The van der Waals surface area contributed by atoms with Gasteiger partial charge in [0.2, 0.25) is 11.8 Å². The Labute approximate surface area is 145 Å². The van der Waals surface area contributed by atoms with E-state index in [-0.39, 0.29) is 35.9 Å². The SMILES string of the molecule is O=C1CC2CCC(CN1)N2C(=O)c1cc(N2CCCC2=O)ccc1F. The van der Waals surface area contributed by atoms with Crippen LogP contribution in [0.4, 0.5) is 10.1 Å². The molecule has 3 amide bonds. The highest BCUT2D eigenvalue weighted by atomic mass is 19.1. The van der Waals surface area contributed by atoms with E-state index in [0.29, 0.717) is 25.2 Å². The average molecular weight is 345 g/mol. The van der Waals surface area contributed by atoms with E-state index >= 15 is 0 Å². The minimum Gasteiger partial charge on any atom is -0.354 e. The summed E-state index contributed by atoms with van der Waals surface area (Å²) in [5.41, 5.74) is 0.534. The molecule has 1 aromatic rings. The molecular weight excluding hydrogens is 325 g/mol. The first-order chi connectivity index (χ1) is 12.0. The lowest BCUT2D eigenvalue weighted by atomic mass is 10.1. The van der Waals surface area contributed by atoms with E-state index in [0.717, 1.165) is 19.3 Å². The summed E-state index contributed by atoms with van der Waals surface area (Å²) in [6, 6.07) is 3.98. The minimum absolute atomic E-state index is 0.00496. The van der Waals surface area contributed by atoms with Crippen LogP contribution in [0.5, 0.6) is 0 Å². The number of amides is 3. The first-order valence-electron chi connectivity index (χ1n) is 8.74. The highest BCUT2D eigenvalue weighted by Gasteiger charge is 2.41. The molecule has 6 nitrogen and oxygen atoms in total. The molecule has 0 radical (unpaired) electrons. The number of rotatable bonds is 2. The molecule has 0 spiro atoms. The monoisotopic (exact) mass is 345 g/mol. The number of halogens is 1. The van der Waals surface area contributed by atoms with Gasteiger partial charge in [0.25, 0.3) is 5.91 Å². The van der Waals surface area contributed by atoms with Crippen LogP contribution in [-0.2, 0) is 9.59 Å². The Morgan fingerprint density at radius 2 is 2.00 bits per heavy atom. The summed E-state index contributed by atoms with van der Waals surface area (Å²) in [7, 11) is 0. The third-order valence-electron chi connectivity index (χ3n) is 5.38. The molecule has 2 atom stereocenters. The van der Waals surface area contributed by atoms with E-state index in [4.69, 9.17) is 0 Å². The van der Waals surface area contributed by atoms with Gasteiger partial charge in [0.05, 0.1) is 5.56 Å². The van der Waals surface area contributed by atoms with E-state index in [9.17, 15) is 18.8 Å². The van der Waals surface area contributed by atoms with Gasteiger partial charge in [-0.15, -0.1) is 0 Å². The zero-order valence-electron chi connectivity index (χ0n) is 13.8. The zero-order valence-corrected chi connectivity index (χ0v) is 13.8. The highest BCUT2D eigenvalue weighted by Crippen LogP contribution is 2.32. The maximum Gasteiger partial charge on any atom is 0.257 e. The van der Waals surface area contributed by atoms with E-state index in [2.05, 4.69) is 5.32 Å². The van der Waals surface area contributed by atoms with Crippen molar-refractivity contribution in [1.82, 2.24) is 10.2 Å². The number of nitrogens with one attached hydrogen (secondary N) is 1. The van der Waals surface area contributed by atoms with Gasteiger partial charge in [0.1, 0.15) is 5.82 Å². The van der Waals surface area contributed by atoms with Crippen LogP contribution < -0.4 is 10.2 Å². The molecule has 1 N–H and O–H groups in total. The molecule has 3 saturated heterocycles. The number of nitrogens with zero attached hydrogens (tertiary/aromatic N) is 2. The second-order valence-electron chi connectivity index (χ2n) is 6.92. The fourth-order valence-electron chi connectivity index (χ4n) is 4.12. The Balaban J connectivity index is 1.65. The Bertz CT molecular complexity index is 751. The summed E-state index contributed by atoms with van der Waals surface area (Å²) in [5, 5.41) is 2.81. The number of carbonyl (C=O) groups is 3. The quantitative estimate of drug-likeness (QED) is 0.882. The van der Waals surface area contributed by atoms with E-state index in [1.54, 1.807) is 9.80 Å². The molecule has 7 heteroatoms. The predicted molar refractivity (Wildman–Crippen MR) is 88.6 cm³/mol. The topological polar surface area (TPSA) is 69.7 Å². The van der Waals surface area contributed by atoms with Crippen LogP contribution in [0.2, 0.25) is 0 Å². The van der Waals surface area contributed by atoms with Crippen LogP contribution in [0.3, 0.4) is 0 Å². The van der Waals surface area contributed by atoms with Crippen molar-refractivity contribution in [1.29, 1.82) is 0 Å².